The van der Waals surface area contributed by atoms with Crippen molar-refractivity contribution in [3.05, 3.63) is 72.1 Å². The lowest BCUT2D eigenvalue weighted by atomic mass is 10.2. The standard InChI is InChI=1S/C26H31N5O3/c1-19-9-10-22(23(15-19)33-3)34-20(2)26(32)29-24-16-25(28-18-27-24)31-13-11-30(12-14-31)17-21-7-5-4-6-8-21/h4-10,15-16,18,20H,11-14,17H2,1-3H3,(H,27,28,29,32). The summed E-state index contributed by atoms with van der Waals surface area (Å²) >= 11 is 0. The zero-order valence-corrected chi connectivity index (χ0v) is 19.9. The van der Waals surface area contributed by atoms with E-state index in [9.17, 15) is 4.79 Å². The van der Waals surface area contributed by atoms with Crippen LogP contribution in [0.3, 0.4) is 0 Å². The maximum absolute atomic E-state index is 12.7. The van der Waals surface area contributed by atoms with Crippen LogP contribution in [0, 0.1) is 6.92 Å². The van der Waals surface area contributed by atoms with E-state index < -0.39 is 6.10 Å². The number of rotatable bonds is 8. The number of nitrogens with one attached hydrogen (secondary N) is 1. The minimum absolute atomic E-state index is 0.292. The van der Waals surface area contributed by atoms with E-state index in [2.05, 4.69) is 49.4 Å². The SMILES string of the molecule is COc1cc(C)ccc1OC(C)C(=O)Nc1cc(N2CCN(Cc3ccccc3)CC2)ncn1. The van der Waals surface area contributed by atoms with Crippen molar-refractivity contribution in [2.75, 3.05) is 43.5 Å². The van der Waals surface area contributed by atoms with Crippen LogP contribution in [0.15, 0.2) is 60.9 Å². The van der Waals surface area contributed by atoms with Crippen molar-refractivity contribution in [2.45, 2.75) is 26.5 Å². The van der Waals surface area contributed by atoms with Crippen LogP contribution in [0.1, 0.15) is 18.1 Å². The highest BCUT2D eigenvalue weighted by molar-refractivity contribution is 5.93. The largest absolute Gasteiger partial charge is 0.493 e. The average Bonchev–Trinajstić information content (AvgIpc) is 2.86. The number of carbonyl (C=O) groups is 1. The Morgan fingerprint density at radius 3 is 2.53 bits per heavy atom. The molecule has 34 heavy (non-hydrogen) atoms. The molecule has 1 amide bonds. The topological polar surface area (TPSA) is 79.8 Å². The molecule has 1 N–H and O–H groups in total. The van der Waals surface area contributed by atoms with Crippen molar-refractivity contribution in [1.29, 1.82) is 0 Å². The lowest BCUT2D eigenvalue weighted by Crippen LogP contribution is -2.46. The first-order chi connectivity index (χ1) is 16.5. The Bertz CT molecular complexity index is 1100. The number of hydrogen-bond acceptors (Lipinski definition) is 7. The zero-order chi connectivity index (χ0) is 23.9. The van der Waals surface area contributed by atoms with Gasteiger partial charge in [0.25, 0.3) is 5.91 Å². The van der Waals surface area contributed by atoms with E-state index in [0.29, 0.717) is 17.3 Å². The van der Waals surface area contributed by atoms with Crippen LogP contribution in [0.5, 0.6) is 11.5 Å². The van der Waals surface area contributed by atoms with Gasteiger partial charge in [0.1, 0.15) is 18.0 Å². The Balaban J connectivity index is 1.32. The number of aryl methyl sites for hydroxylation is 1. The molecule has 3 aromatic rings. The van der Waals surface area contributed by atoms with Crippen molar-refractivity contribution >= 4 is 17.5 Å². The van der Waals surface area contributed by atoms with Gasteiger partial charge in [-0.05, 0) is 37.1 Å². The summed E-state index contributed by atoms with van der Waals surface area (Å²) in [4.78, 5) is 26.0. The predicted octanol–water partition coefficient (Wildman–Crippen LogP) is 3.52. The van der Waals surface area contributed by atoms with Gasteiger partial charge in [0.05, 0.1) is 7.11 Å². The average molecular weight is 462 g/mol. The number of methoxy groups -OCH3 is 1. The summed E-state index contributed by atoms with van der Waals surface area (Å²) in [7, 11) is 1.58. The van der Waals surface area contributed by atoms with Crippen LogP contribution in [-0.2, 0) is 11.3 Å². The fourth-order valence-corrected chi connectivity index (χ4v) is 3.91. The molecular weight excluding hydrogens is 430 g/mol. The zero-order valence-electron chi connectivity index (χ0n) is 19.9. The molecule has 1 aliphatic rings. The molecule has 178 valence electrons. The van der Waals surface area contributed by atoms with E-state index in [4.69, 9.17) is 9.47 Å². The molecule has 2 heterocycles. The van der Waals surface area contributed by atoms with E-state index in [1.807, 2.05) is 31.2 Å². The molecule has 2 aromatic carbocycles. The van der Waals surface area contributed by atoms with Crippen molar-refractivity contribution in [3.63, 3.8) is 0 Å². The Morgan fingerprint density at radius 1 is 1.03 bits per heavy atom. The molecule has 8 nitrogen and oxygen atoms in total. The maximum Gasteiger partial charge on any atom is 0.266 e. The second kappa shape index (κ2) is 11.0. The first-order valence-electron chi connectivity index (χ1n) is 11.5. The van der Waals surface area contributed by atoms with Gasteiger partial charge in [-0.1, -0.05) is 36.4 Å². The number of anilines is 2. The van der Waals surface area contributed by atoms with Crippen LogP contribution in [-0.4, -0.2) is 60.2 Å². The summed E-state index contributed by atoms with van der Waals surface area (Å²) in [5.74, 6) is 2.08. The maximum atomic E-state index is 12.7. The molecule has 1 fully saturated rings. The van der Waals surface area contributed by atoms with Gasteiger partial charge in [0, 0.05) is 38.8 Å². The fraction of sp³-hybridized carbons (Fsp3) is 0.346. The number of hydrogen-bond donors (Lipinski definition) is 1. The molecule has 1 aliphatic heterocycles. The van der Waals surface area contributed by atoms with Crippen LogP contribution >= 0.6 is 0 Å². The van der Waals surface area contributed by atoms with Gasteiger partial charge in [-0.2, -0.15) is 0 Å². The number of ether oxygens (including phenoxy) is 2. The number of amides is 1. The van der Waals surface area contributed by atoms with Gasteiger partial charge in [0.2, 0.25) is 0 Å². The second-order valence-electron chi connectivity index (χ2n) is 8.41. The summed E-state index contributed by atoms with van der Waals surface area (Å²) in [5.41, 5.74) is 2.37. The van der Waals surface area contributed by atoms with E-state index in [1.54, 1.807) is 20.1 Å². The molecule has 0 saturated carbocycles. The summed E-state index contributed by atoms with van der Waals surface area (Å²) in [5, 5.41) is 2.84. The third-order valence-electron chi connectivity index (χ3n) is 5.84. The second-order valence-corrected chi connectivity index (χ2v) is 8.41. The molecule has 4 rings (SSSR count). The third kappa shape index (κ3) is 6.02. The van der Waals surface area contributed by atoms with Crippen molar-refractivity contribution in [3.8, 4) is 11.5 Å². The molecule has 1 saturated heterocycles. The number of benzene rings is 2. The fourth-order valence-electron chi connectivity index (χ4n) is 3.91. The normalized spacial score (nSPS) is 15.0. The van der Waals surface area contributed by atoms with Gasteiger partial charge in [-0.15, -0.1) is 0 Å². The Kier molecular flexibility index (Phi) is 7.59. The Labute approximate surface area is 200 Å². The van der Waals surface area contributed by atoms with Gasteiger partial charge in [-0.25, -0.2) is 9.97 Å². The van der Waals surface area contributed by atoms with Crippen molar-refractivity contribution in [2.24, 2.45) is 0 Å². The van der Waals surface area contributed by atoms with Crippen molar-refractivity contribution < 1.29 is 14.3 Å². The first-order valence-corrected chi connectivity index (χ1v) is 11.5. The smallest absolute Gasteiger partial charge is 0.266 e. The van der Waals surface area contributed by atoms with Crippen LogP contribution in [0.2, 0.25) is 0 Å². The minimum Gasteiger partial charge on any atom is -0.493 e. The predicted molar refractivity (Wildman–Crippen MR) is 132 cm³/mol. The quantitative estimate of drug-likeness (QED) is 0.550. The molecule has 1 unspecified atom stereocenters. The molecule has 0 radical (unpaired) electrons. The number of piperazine rings is 1. The molecule has 0 spiro atoms. The van der Waals surface area contributed by atoms with Crippen LogP contribution in [0.25, 0.3) is 0 Å². The van der Waals surface area contributed by atoms with Crippen LogP contribution < -0.4 is 19.7 Å². The third-order valence-corrected chi connectivity index (χ3v) is 5.84. The monoisotopic (exact) mass is 461 g/mol. The van der Waals surface area contributed by atoms with Crippen molar-refractivity contribution in [1.82, 2.24) is 14.9 Å². The Morgan fingerprint density at radius 2 is 1.79 bits per heavy atom. The molecule has 1 aromatic heterocycles. The highest BCUT2D eigenvalue weighted by Crippen LogP contribution is 2.29. The minimum atomic E-state index is -0.725. The highest BCUT2D eigenvalue weighted by atomic mass is 16.5. The molecule has 0 bridgehead atoms. The summed E-state index contributed by atoms with van der Waals surface area (Å²) < 4.78 is 11.2. The molecule has 0 aliphatic carbocycles. The molecule has 1 atom stereocenters. The lowest BCUT2D eigenvalue weighted by Gasteiger charge is -2.35. The summed E-state index contributed by atoms with van der Waals surface area (Å²) in [6.07, 6.45) is 0.757. The van der Waals surface area contributed by atoms with E-state index in [1.165, 1.54) is 11.9 Å². The number of aromatic nitrogens is 2. The highest BCUT2D eigenvalue weighted by Gasteiger charge is 2.21. The molecule has 8 heteroatoms. The Hall–Kier alpha value is -3.65. The van der Waals surface area contributed by atoms with Gasteiger partial charge in [0.15, 0.2) is 17.6 Å². The van der Waals surface area contributed by atoms with E-state index in [0.717, 1.165) is 44.1 Å². The van der Waals surface area contributed by atoms with E-state index in [-0.39, 0.29) is 5.91 Å². The van der Waals surface area contributed by atoms with E-state index >= 15 is 0 Å². The van der Waals surface area contributed by atoms with Gasteiger partial charge in [-0.3, -0.25) is 9.69 Å². The van der Waals surface area contributed by atoms with Crippen LogP contribution in [0.4, 0.5) is 11.6 Å². The van der Waals surface area contributed by atoms with Gasteiger partial charge >= 0.3 is 0 Å². The molecular formula is C26H31N5O3. The number of carbonyl (C=O) groups excluding carboxylic acids is 1. The summed E-state index contributed by atoms with van der Waals surface area (Å²) in [6.45, 7) is 8.24. The first kappa shape index (κ1) is 23.5. The summed E-state index contributed by atoms with van der Waals surface area (Å²) in [6, 6.07) is 17.9. The lowest BCUT2D eigenvalue weighted by molar-refractivity contribution is -0.122. The van der Waals surface area contributed by atoms with Gasteiger partial charge < -0.3 is 19.7 Å². The number of nitrogens with zero attached hydrogens (tertiary/aromatic N) is 4.